The Bertz CT molecular complexity index is 914. The SMILES string of the molecule is CCC(=Cc1c(O)c2ccc(Cl)cc2[nH]c(=O)c1=O)C(=O)O. The van der Waals surface area contributed by atoms with Gasteiger partial charge in [0.25, 0.3) is 11.0 Å². The number of carboxylic acids is 1. The lowest BCUT2D eigenvalue weighted by Gasteiger charge is -2.00. The Morgan fingerprint density at radius 3 is 2.64 bits per heavy atom. The van der Waals surface area contributed by atoms with Crippen LogP contribution in [0, 0.1) is 0 Å². The molecule has 2 aromatic rings. The van der Waals surface area contributed by atoms with E-state index in [0.29, 0.717) is 5.02 Å². The molecular formula is C15H12ClNO5. The Labute approximate surface area is 129 Å². The maximum atomic E-state index is 12.1. The minimum absolute atomic E-state index is 0.0971. The van der Waals surface area contributed by atoms with E-state index in [1.807, 2.05) is 0 Å². The standard InChI is InChI=1S/C15H12ClNO5/c1-2-7(15(21)22)5-10-12(18)9-4-3-8(16)6-11(9)17-14(20)13(10)19/h3-6,18H,2H2,1H3,(H,21,22)(H,17,19,20). The maximum Gasteiger partial charge on any atom is 0.331 e. The van der Waals surface area contributed by atoms with Crippen molar-refractivity contribution in [2.45, 2.75) is 13.3 Å². The first-order valence-electron chi connectivity index (χ1n) is 6.37. The zero-order chi connectivity index (χ0) is 16.4. The number of carboxylic acid groups (broad SMARTS) is 1. The summed E-state index contributed by atoms with van der Waals surface area (Å²) < 4.78 is 0. The maximum absolute atomic E-state index is 12.1. The van der Waals surface area contributed by atoms with Crippen LogP contribution in [0.2, 0.25) is 5.02 Å². The average molecular weight is 322 g/mol. The van der Waals surface area contributed by atoms with Crippen LogP contribution >= 0.6 is 11.6 Å². The van der Waals surface area contributed by atoms with Crippen LogP contribution in [0.4, 0.5) is 0 Å². The highest BCUT2D eigenvalue weighted by atomic mass is 35.5. The summed E-state index contributed by atoms with van der Waals surface area (Å²) in [6.07, 6.45) is 1.15. The second-order valence-corrected chi connectivity index (χ2v) is 5.00. The van der Waals surface area contributed by atoms with Crippen LogP contribution in [0.3, 0.4) is 0 Å². The van der Waals surface area contributed by atoms with Crippen molar-refractivity contribution >= 4 is 34.5 Å². The molecule has 0 atom stereocenters. The van der Waals surface area contributed by atoms with Crippen LogP contribution in [-0.2, 0) is 4.79 Å². The fourth-order valence-electron chi connectivity index (χ4n) is 2.00. The van der Waals surface area contributed by atoms with Crippen molar-refractivity contribution in [3.63, 3.8) is 0 Å². The molecule has 0 fully saturated rings. The van der Waals surface area contributed by atoms with E-state index in [1.54, 1.807) is 6.92 Å². The van der Waals surface area contributed by atoms with Crippen molar-refractivity contribution in [2.75, 3.05) is 0 Å². The second-order valence-electron chi connectivity index (χ2n) is 4.56. The van der Waals surface area contributed by atoms with Gasteiger partial charge in [-0.2, -0.15) is 0 Å². The van der Waals surface area contributed by atoms with Crippen molar-refractivity contribution in [2.24, 2.45) is 0 Å². The van der Waals surface area contributed by atoms with Crippen molar-refractivity contribution in [1.29, 1.82) is 0 Å². The van der Waals surface area contributed by atoms with Crippen LogP contribution in [0.25, 0.3) is 17.0 Å². The van der Waals surface area contributed by atoms with Gasteiger partial charge in [0.2, 0.25) is 0 Å². The van der Waals surface area contributed by atoms with E-state index < -0.39 is 22.7 Å². The van der Waals surface area contributed by atoms with Gasteiger partial charge in [0.15, 0.2) is 0 Å². The lowest BCUT2D eigenvalue weighted by Crippen LogP contribution is -2.25. The molecule has 114 valence electrons. The molecule has 0 unspecified atom stereocenters. The summed E-state index contributed by atoms with van der Waals surface area (Å²) >= 11 is 5.82. The van der Waals surface area contributed by atoms with Crippen molar-refractivity contribution in [3.8, 4) is 5.75 Å². The molecule has 0 bridgehead atoms. The van der Waals surface area contributed by atoms with Gasteiger partial charge in [-0.05, 0) is 30.7 Å². The predicted molar refractivity (Wildman–Crippen MR) is 83.4 cm³/mol. The molecule has 3 N–H and O–H groups in total. The van der Waals surface area contributed by atoms with Crippen LogP contribution in [-0.4, -0.2) is 21.2 Å². The van der Waals surface area contributed by atoms with E-state index in [0.717, 1.165) is 6.08 Å². The number of aromatic hydroxyl groups is 1. The number of nitrogens with one attached hydrogen (secondary N) is 1. The lowest BCUT2D eigenvalue weighted by atomic mass is 10.1. The largest absolute Gasteiger partial charge is 0.506 e. The van der Waals surface area contributed by atoms with E-state index in [9.17, 15) is 19.5 Å². The molecule has 22 heavy (non-hydrogen) atoms. The third-order valence-corrected chi connectivity index (χ3v) is 3.40. The summed E-state index contributed by atoms with van der Waals surface area (Å²) in [6, 6.07) is 4.31. The number of rotatable bonds is 3. The molecule has 0 aliphatic carbocycles. The normalized spacial score (nSPS) is 11.6. The van der Waals surface area contributed by atoms with E-state index >= 15 is 0 Å². The van der Waals surface area contributed by atoms with Crippen molar-refractivity contribution < 1.29 is 15.0 Å². The number of benzene rings is 1. The lowest BCUT2D eigenvalue weighted by molar-refractivity contribution is -0.132. The number of hydrogen-bond acceptors (Lipinski definition) is 4. The van der Waals surface area contributed by atoms with Gasteiger partial charge in [0.05, 0.1) is 11.1 Å². The van der Waals surface area contributed by atoms with Gasteiger partial charge in [-0.1, -0.05) is 18.5 Å². The smallest absolute Gasteiger partial charge is 0.331 e. The molecule has 0 aliphatic rings. The highest BCUT2D eigenvalue weighted by molar-refractivity contribution is 6.31. The number of hydrogen-bond donors (Lipinski definition) is 3. The summed E-state index contributed by atoms with van der Waals surface area (Å²) in [5.74, 6) is -1.70. The van der Waals surface area contributed by atoms with Gasteiger partial charge in [-0.15, -0.1) is 0 Å². The molecule has 0 saturated heterocycles. The Hall–Kier alpha value is -2.60. The Morgan fingerprint density at radius 1 is 1.36 bits per heavy atom. The summed E-state index contributed by atoms with van der Waals surface area (Å²) in [7, 11) is 0. The molecule has 7 heteroatoms. The number of H-pyrrole nitrogens is 1. The first-order chi connectivity index (χ1) is 10.3. The Morgan fingerprint density at radius 2 is 2.05 bits per heavy atom. The number of aromatic nitrogens is 1. The van der Waals surface area contributed by atoms with Gasteiger partial charge in [0, 0.05) is 16.0 Å². The molecule has 1 heterocycles. The number of aliphatic carboxylic acids is 1. The summed E-state index contributed by atoms with van der Waals surface area (Å²) in [5, 5.41) is 19.8. The second kappa shape index (κ2) is 6.03. The van der Waals surface area contributed by atoms with Gasteiger partial charge in [0.1, 0.15) is 5.75 Å². The van der Waals surface area contributed by atoms with E-state index in [1.165, 1.54) is 18.2 Å². The average Bonchev–Trinajstić information content (AvgIpc) is 2.54. The number of carbonyl (C=O) groups is 1. The predicted octanol–water partition coefficient (Wildman–Crippen LogP) is 2.13. The first-order valence-corrected chi connectivity index (χ1v) is 6.75. The van der Waals surface area contributed by atoms with Gasteiger partial charge < -0.3 is 15.2 Å². The van der Waals surface area contributed by atoms with Gasteiger partial charge >= 0.3 is 5.97 Å². The number of halogens is 1. The van der Waals surface area contributed by atoms with Crippen LogP contribution in [0.15, 0.2) is 33.4 Å². The molecule has 0 saturated carbocycles. The number of aromatic amines is 1. The Balaban J connectivity index is 2.98. The van der Waals surface area contributed by atoms with Crippen LogP contribution in [0.5, 0.6) is 5.75 Å². The van der Waals surface area contributed by atoms with Crippen molar-refractivity contribution in [3.05, 3.63) is 54.9 Å². The summed E-state index contributed by atoms with van der Waals surface area (Å²) in [5.41, 5.74) is -2.27. The molecule has 0 spiro atoms. The highest BCUT2D eigenvalue weighted by Crippen LogP contribution is 2.27. The van der Waals surface area contributed by atoms with E-state index in [-0.39, 0.29) is 28.5 Å². The quantitative estimate of drug-likeness (QED) is 0.593. The molecule has 1 aromatic heterocycles. The van der Waals surface area contributed by atoms with Gasteiger partial charge in [-0.3, -0.25) is 9.59 Å². The van der Waals surface area contributed by atoms with E-state index in [4.69, 9.17) is 16.7 Å². The first kappa shape index (κ1) is 15.8. The third-order valence-electron chi connectivity index (χ3n) is 3.17. The number of fused-ring (bicyclic) bond motifs is 1. The zero-order valence-corrected chi connectivity index (χ0v) is 12.3. The molecule has 2 rings (SSSR count). The summed E-state index contributed by atoms with van der Waals surface area (Å²) in [4.78, 5) is 37.4. The Kier molecular flexibility index (Phi) is 4.32. The molecule has 1 aromatic carbocycles. The molecule has 6 nitrogen and oxygen atoms in total. The van der Waals surface area contributed by atoms with Crippen LogP contribution < -0.4 is 11.0 Å². The monoisotopic (exact) mass is 321 g/mol. The topological polar surface area (TPSA) is 107 Å². The fraction of sp³-hybridized carbons (Fsp3) is 0.133. The minimum Gasteiger partial charge on any atom is -0.506 e. The molecular weight excluding hydrogens is 310 g/mol. The molecule has 0 amide bonds. The molecule has 0 radical (unpaired) electrons. The van der Waals surface area contributed by atoms with Gasteiger partial charge in [-0.25, -0.2) is 4.79 Å². The minimum atomic E-state index is -1.23. The zero-order valence-electron chi connectivity index (χ0n) is 11.5. The van der Waals surface area contributed by atoms with E-state index in [2.05, 4.69) is 4.98 Å². The fourth-order valence-corrected chi connectivity index (χ4v) is 2.18. The van der Waals surface area contributed by atoms with Crippen LogP contribution in [0.1, 0.15) is 18.9 Å². The highest BCUT2D eigenvalue weighted by Gasteiger charge is 2.14. The summed E-state index contributed by atoms with van der Waals surface area (Å²) in [6.45, 7) is 1.59. The van der Waals surface area contributed by atoms with Crippen molar-refractivity contribution in [1.82, 2.24) is 4.98 Å². The molecule has 0 aliphatic heterocycles. The third kappa shape index (κ3) is 2.87.